The van der Waals surface area contributed by atoms with Gasteiger partial charge in [-0.25, -0.2) is 9.18 Å². The largest absolute Gasteiger partial charge is 0.349 e. The summed E-state index contributed by atoms with van der Waals surface area (Å²) in [6, 6.07) is 15.5. The van der Waals surface area contributed by atoms with Crippen molar-refractivity contribution >= 4 is 17.6 Å². The second-order valence-corrected chi connectivity index (χ2v) is 8.66. The number of likely N-dealkylation sites (tertiary alicyclic amines) is 1. The Bertz CT molecular complexity index is 881. The third kappa shape index (κ3) is 5.43. The highest BCUT2D eigenvalue weighted by molar-refractivity contribution is 5.90. The van der Waals surface area contributed by atoms with Gasteiger partial charge in [0.05, 0.1) is 12.0 Å². The first-order chi connectivity index (χ1) is 15.1. The van der Waals surface area contributed by atoms with Gasteiger partial charge in [0.25, 0.3) is 0 Å². The van der Waals surface area contributed by atoms with Crippen LogP contribution in [0.4, 0.5) is 14.9 Å². The fourth-order valence-corrected chi connectivity index (χ4v) is 4.80. The zero-order chi connectivity index (χ0) is 21.6. The first-order valence-corrected chi connectivity index (χ1v) is 11.3. The number of carbonyl (C=O) groups is 2. The lowest BCUT2D eigenvalue weighted by molar-refractivity contribution is -0.127. The molecule has 2 fully saturated rings. The van der Waals surface area contributed by atoms with Crippen LogP contribution in [0.15, 0.2) is 54.6 Å². The molecule has 6 heteroatoms. The van der Waals surface area contributed by atoms with Gasteiger partial charge in [-0.15, -0.1) is 0 Å². The third-order valence-corrected chi connectivity index (χ3v) is 6.50. The molecule has 1 saturated carbocycles. The monoisotopic (exact) mass is 423 g/mol. The lowest BCUT2D eigenvalue weighted by Crippen LogP contribution is -2.48. The minimum absolute atomic E-state index is 0.0153. The molecule has 1 aliphatic heterocycles. The van der Waals surface area contributed by atoms with E-state index >= 15 is 0 Å². The van der Waals surface area contributed by atoms with Crippen molar-refractivity contribution in [3.05, 3.63) is 66.0 Å². The molecule has 164 valence electrons. The van der Waals surface area contributed by atoms with Crippen LogP contribution in [-0.4, -0.2) is 29.9 Å². The van der Waals surface area contributed by atoms with Crippen LogP contribution >= 0.6 is 0 Å². The highest BCUT2D eigenvalue weighted by Gasteiger charge is 2.33. The number of rotatable bonds is 5. The van der Waals surface area contributed by atoms with Crippen molar-refractivity contribution in [2.75, 3.05) is 18.4 Å². The summed E-state index contributed by atoms with van der Waals surface area (Å²) in [6.07, 6.45) is 6.02. The summed E-state index contributed by atoms with van der Waals surface area (Å²) in [5.41, 5.74) is 1.70. The van der Waals surface area contributed by atoms with Crippen LogP contribution in [0, 0.1) is 17.7 Å². The predicted octanol–water partition coefficient (Wildman–Crippen LogP) is 5.12. The maximum Gasteiger partial charge on any atom is 0.321 e. The summed E-state index contributed by atoms with van der Waals surface area (Å²) in [5, 5.41) is 6.16. The SMILES string of the molecule is O=C(NC(c1ccc(F)cc1)C1CCCC1)C1CCCN(C(=O)Nc2ccccc2)C1. The molecule has 1 heterocycles. The van der Waals surface area contributed by atoms with E-state index < -0.39 is 0 Å². The molecule has 2 aromatic carbocycles. The van der Waals surface area contributed by atoms with Crippen LogP contribution in [0.3, 0.4) is 0 Å². The Kier molecular flexibility index (Phi) is 6.85. The van der Waals surface area contributed by atoms with Crippen LogP contribution in [0.2, 0.25) is 0 Å². The standard InChI is InChI=1S/C25H30FN3O2/c26-21-14-12-19(13-15-21)23(18-7-4-5-8-18)28-24(30)20-9-6-16-29(17-20)25(31)27-22-10-2-1-3-11-22/h1-3,10-15,18,20,23H,4-9,16-17H2,(H,27,31)(H,28,30). The quantitative estimate of drug-likeness (QED) is 0.701. The fourth-order valence-electron chi connectivity index (χ4n) is 4.80. The topological polar surface area (TPSA) is 61.4 Å². The van der Waals surface area contributed by atoms with Gasteiger partial charge >= 0.3 is 6.03 Å². The van der Waals surface area contributed by atoms with E-state index in [1.165, 1.54) is 12.1 Å². The van der Waals surface area contributed by atoms with Crippen molar-refractivity contribution < 1.29 is 14.0 Å². The van der Waals surface area contributed by atoms with Crippen molar-refractivity contribution in [2.45, 2.75) is 44.6 Å². The van der Waals surface area contributed by atoms with Crippen molar-refractivity contribution in [1.29, 1.82) is 0 Å². The zero-order valence-corrected chi connectivity index (χ0v) is 17.7. The molecule has 2 aromatic rings. The molecular weight excluding hydrogens is 393 g/mol. The van der Waals surface area contributed by atoms with Crippen molar-refractivity contribution in [3.8, 4) is 0 Å². The Labute approximate surface area is 183 Å². The Hall–Kier alpha value is -2.89. The normalized spacial score (nSPS) is 20.3. The number of nitrogens with zero attached hydrogens (tertiary/aromatic N) is 1. The van der Waals surface area contributed by atoms with E-state index in [1.807, 2.05) is 30.3 Å². The number of hydrogen-bond acceptors (Lipinski definition) is 2. The van der Waals surface area contributed by atoms with Crippen LogP contribution in [0.5, 0.6) is 0 Å². The van der Waals surface area contributed by atoms with Gasteiger partial charge in [-0.05, 0) is 61.4 Å². The van der Waals surface area contributed by atoms with Crippen molar-refractivity contribution in [3.63, 3.8) is 0 Å². The number of para-hydroxylation sites is 1. The summed E-state index contributed by atoms with van der Waals surface area (Å²) < 4.78 is 13.4. The van der Waals surface area contributed by atoms with E-state index in [4.69, 9.17) is 0 Å². The smallest absolute Gasteiger partial charge is 0.321 e. The molecule has 2 N–H and O–H groups in total. The maximum atomic E-state index is 13.4. The van der Waals surface area contributed by atoms with Crippen molar-refractivity contribution in [1.82, 2.24) is 10.2 Å². The number of benzene rings is 2. The highest BCUT2D eigenvalue weighted by atomic mass is 19.1. The van der Waals surface area contributed by atoms with E-state index in [1.54, 1.807) is 17.0 Å². The number of nitrogens with one attached hydrogen (secondary N) is 2. The molecule has 2 atom stereocenters. The lowest BCUT2D eigenvalue weighted by Gasteiger charge is -2.34. The van der Waals surface area contributed by atoms with Gasteiger partial charge in [-0.1, -0.05) is 43.2 Å². The van der Waals surface area contributed by atoms with Crippen LogP contribution in [0.25, 0.3) is 0 Å². The summed E-state index contributed by atoms with van der Waals surface area (Å²) in [5.74, 6) is -0.152. The van der Waals surface area contributed by atoms with Gasteiger partial charge in [-0.3, -0.25) is 4.79 Å². The van der Waals surface area contributed by atoms with Crippen LogP contribution < -0.4 is 10.6 Å². The number of urea groups is 1. The van der Waals surface area contributed by atoms with Gasteiger partial charge in [0.15, 0.2) is 0 Å². The van der Waals surface area contributed by atoms with E-state index in [-0.39, 0.29) is 29.7 Å². The van der Waals surface area contributed by atoms with Gasteiger partial charge in [0, 0.05) is 18.8 Å². The Morgan fingerprint density at radius 3 is 2.35 bits per heavy atom. The number of hydrogen-bond donors (Lipinski definition) is 2. The first-order valence-electron chi connectivity index (χ1n) is 11.3. The number of amides is 3. The second kappa shape index (κ2) is 9.94. The van der Waals surface area contributed by atoms with Gasteiger partial charge < -0.3 is 15.5 Å². The zero-order valence-electron chi connectivity index (χ0n) is 17.7. The molecule has 0 radical (unpaired) electrons. The van der Waals surface area contributed by atoms with Gasteiger partial charge in [-0.2, -0.15) is 0 Å². The maximum absolute atomic E-state index is 13.4. The first kappa shape index (κ1) is 21.3. The molecule has 3 amide bonds. The average molecular weight is 424 g/mol. The Balaban J connectivity index is 1.41. The lowest BCUT2D eigenvalue weighted by atomic mass is 9.90. The van der Waals surface area contributed by atoms with Crippen molar-refractivity contribution in [2.24, 2.45) is 11.8 Å². The number of halogens is 1. The van der Waals surface area contributed by atoms with E-state index in [0.29, 0.717) is 19.0 Å². The molecule has 31 heavy (non-hydrogen) atoms. The summed E-state index contributed by atoms with van der Waals surface area (Å²) >= 11 is 0. The molecule has 2 unspecified atom stereocenters. The molecule has 4 rings (SSSR count). The molecule has 0 aromatic heterocycles. The van der Waals surface area contributed by atoms with E-state index in [2.05, 4.69) is 10.6 Å². The Morgan fingerprint density at radius 1 is 0.935 bits per heavy atom. The molecular formula is C25H30FN3O2. The summed E-state index contributed by atoms with van der Waals surface area (Å²) in [7, 11) is 0. The molecule has 0 bridgehead atoms. The average Bonchev–Trinajstić information content (AvgIpc) is 3.33. The Morgan fingerprint density at radius 2 is 1.65 bits per heavy atom. The van der Waals surface area contributed by atoms with E-state index in [9.17, 15) is 14.0 Å². The van der Waals surface area contributed by atoms with Crippen LogP contribution in [0.1, 0.15) is 50.1 Å². The molecule has 1 saturated heterocycles. The molecule has 5 nitrogen and oxygen atoms in total. The number of piperidine rings is 1. The summed E-state index contributed by atoms with van der Waals surface area (Å²) in [6.45, 7) is 1.05. The summed E-state index contributed by atoms with van der Waals surface area (Å²) in [4.78, 5) is 27.6. The molecule has 2 aliphatic rings. The van der Waals surface area contributed by atoms with E-state index in [0.717, 1.165) is 49.8 Å². The molecule has 0 spiro atoms. The third-order valence-electron chi connectivity index (χ3n) is 6.50. The van der Waals surface area contributed by atoms with Crippen LogP contribution in [-0.2, 0) is 4.79 Å². The van der Waals surface area contributed by atoms with Gasteiger partial charge in [0.2, 0.25) is 5.91 Å². The fraction of sp³-hybridized carbons (Fsp3) is 0.440. The number of carbonyl (C=O) groups excluding carboxylic acids is 2. The predicted molar refractivity (Wildman–Crippen MR) is 119 cm³/mol. The number of anilines is 1. The minimum atomic E-state index is -0.271. The second-order valence-electron chi connectivity index (χ2n) is 8.66. The minimum Gasteiger partial charge on any atom is -0.349 e. The highest BCUT2D eigenvalue weighted by Crippen LogP contribution is 2.36. The molecule has 1 aliphatic carbocycles. The van der Waals surface area contributed by atoms with Gasteiger partial charge in [0.1, 0.15) is 5.82 Å².